The molecule has 0 N–H and O–H groups in total. The highest BCUT2D eigenvalue weighted by atomic mass is 16.3. The summed E-state index contributed by atoms with van der Waals surface area (Å²) < 4.78 is 6.49. The van der Waals surface area contributed by atoms with Crippen molar-refractivity contribution >= 4 is 32.7 Å². The van der Waals surface area contributed by atoms with Crippen LogP contribution in [0.2, 0.25) is 0 Å². The summed E-state index contributed by atoms with van der Waals surface area (Å²) in [7, 11) is 0. The average molecular weight is 524 g/mol. The van der Waals surface area contributed by atoms with Gasteiger partial charge >= 0.3 is 0 Å². The Balaban J connectivity index is 1.46. The highest BCUT2D eigenvalue weighted by Crippen LogP contribution is 2.54. The van der Waals surface area contributed by atoms with Crippen molar-refractivity contribution in [2.45, 2.75) is 0 Å². The van der Waals surface area contributed by atoms with E-state index in [4.69, 9.17) is 19.4 Å². The van der Waals surface area contributed by atoms with Gasteiger partial charge in [0.15, 0.2) is 17.5 Å². The van der Waals surface area contributed by atoms with Crippen molar-refractivity contribution < 1.29 is 4.42 Å². The summed E-state index contributed by atoms with van der Waals surface area (Å²) in [5.74, 6) is 1.92. The highest BCUT2D eigenvalue weighted by molar-refractivity contribution is 6.25. The molecule has 4 heteroatoms. The molecule has 0 atom stereocenters. The third kappa shape index (κ3) is 3.25. The minimum absolute atomic E-state index is 0.635. The molecule has 0 spiro atoms. The predicted octanol–water partition coefficient (Wildman–Crippen LogP) is 9.57. The fourth-order valence-electron chi connectivity index (χ4n) is 6.30. The van der Waals surface area contributed by atoms with Crippen molar-refractivity contribution in [3.63, 3.8) is 0 Å². The van der Waals surface area contributed by atoms with Crippen LogP contribution in [-0.2, 0) is 0 Å². The molecule has 0 saturated heterocycles. The van der Waals surface area contributed by atoms with Crippen molar-refractivity contribution in [2.24, 2.45) is 0 Å². The van der Waals surface area contributed by atoms with Gasteiger partial charge in [-0.2, -0.15) is 0 Å². The lowest BCUT2D eigenvalue weighted by Crippen LogP contribution is -2.01. The molecular formula is C37H21N3O. The Morgan fingerprint density at radius 2 is 1.02 bits per heavy atom. The number of furan rings is 1. The van der Waals surface area contributed by atoms with Gasteiger partial charge in [0.2, 0.25) is 0 Å². The summed E-state index contributed by atoms with van der Waals surface area (Å²) in [5, 5.41) is 4.54. The molecule has 4 nitrogen and oxygen atoms in total. The van der Waals surface area contributed by atoms with Crippen molar-refractivity contribution in [3.8, 4) is 56.4 Å². The molecule has 0 aliphatic heterocycles. The van der Waals surface area contributed by atoms with Crippen LogP contribution in [0.1, 0.15) is 0 Å². The van der Waals surface area contributed by atoms with E-state index in [0.717, 1.165) is 49.8 Å². The van der Waals surface area contributed by atoms with Crippen LogP contribution < -0.4 is 0 Å². The second kappa shape index (κ2) is 8.44. The van der Waals surface area contributed by atoms with Gasteiger partial charge in [0.1, 0.15) is 11.2 Å². The van der Waals surface area contributed by atoms with Gasteiger partial charge in [0.05, 0.1) is 0 Å². The number of hydrogen-bond acceptors (Lipinski definition) is 4. The maximum Gasteiger partial charge on any atom is 0.165 e. The predicted molar refractivity (Wildman–Crippen MR) is 165 cm³/mol. The van der Waals surface area contributed by atoms with E-state index in [2.05, 4.69) is 54.6 Å². The van der Waals surface area contributed by atoms with E-state index in [1.165, 1.54) is 21.9 Å². The fourth-order valence-corrected chi connectivity index (χ4v) is 6.30. The van der Waals surface area contributed by atoms with Crippen LogP contribution in [0.3, 0.4) is 0 Å². The lowest BCUT2D eigenvalue weighted by atomic mass is 9.93. The molecule has 0 fully saturated rings. The Kier molecular flexibility index (Phi) is 4.58. The van der Waals surface area contributed by atoms with Crippen molar-refractivity contribution in [1.29, 1.82) is 0 Å². The van der Waals surface area contributed by atoms with Crippen LogP contribution in [-0.4, -0.2) is 15.0 Å². The van der Waals surface area contributed by atoms with Gasteiger partial charge in [-0.25, -0.2) is 15.0 Å². The minimum atomic E-state index is 0.635. The van der Waals surface area contributed by atoms with Gasteiger partial charge in [-0.05, 0) is 39.6 Å². The molecule has 0 unspecified atom stereocenters. The molecule has 0 amide bonds. The van der Waals surface area contributed by atoms with Crippen molar-refractivity contribution in [3.05, 3.63) is 127 Å². The van der Waals surface area contributed by atoms with E-state index in [9.17, 15) is 0 Å². The zero-order valence-corrected chi connectivity index (χ0v) is 21.9. The molecule has 9 rings (SSSR count). The van der Waals surface area contributed by atoms with Gasteiger partial charge in [0.25, 0.3) is 0 Å². The second-order valence-corrected chi connectivity index (χ2v) is 10.4. The summed E-state index contributed by atoms with van der Waals surface area (Å²) in [4.78, 5) is 15.3. The molecule has 6 aromatic carbocycles. The second-order valence-electron chi connectivity index (χ2n) is 10.4. The smallest absolute Gasteiger partial charge is 0.165 e. The van der Waals surface area contributed by atoms with Crippen LogP contribution in [0.25, 0.3) is 89.1 Å². The first kappa shape index (κ1) is 22.2. The molecule has 1 aliphatic carbocycles. The summed E-state index contributed by atoms with van der Waals surface area (Å²) in [6, 6.07) is 43.7. The first-order valence-electron chi connectivity index (χ1n) is 13.7. The lowest BCUT2D eigenvalue weighted by Gasteiger charge is -2.14. The monoisotopic (exact) mass is 523 g/mol. The maximum absolute atomic E-state index is 6.49. The largest absolute Gasteiger partial charge is 0.456 e. The zero-order valence-electron chi connectivity index (χ0n) is 21.9. The van der Waals surface area contributed by atoms with Crippen LogP contribution in [0.4, 0.5) is 0 Å². The van der Waals surface area contributed by atoms with E-state index in [-0.39, 0.29) is 0 Å². The van der Waals surface area contributed by atoms with Crippen LogP contribution in [0, 0.1) is 0 Å². The van der Waals surface area contributed by atoms with Crippen LogP contribution in [0.5, 0.6) is 0 Å². The molecule has 0 saturated carbocycles. The van der Waals surface area contributed by atoms with Gasteiger partial charge in [-0.3, -0.25) is 0 Å². The number of para-hydroxylation sites is 1. The van der Waals surface area contributed by atoms with Crippen LogP contribution >= 0.6 is 0 Å². The standard InChI is InChI=1S/C37H21N3O/c1-3-11-23(12-4-1)35-38-36(24-13-5-2-6-14-24)40-37(39-35)34-32-27-19-10-16-22-15-9-18-25(31(22)27)28(32)21-30-33(34)26-17-7-8-20-29(26)41-30/h1-21H. The summed E-state index contributed by atoms with van der Waals surface area (Å²) in [6.07, 6.45) is 0. The number of nitrogens with zero attached hydrogens (tertiary/aromatic N) is 3. The molecular weight excluding hydrogens is 502 g/mol. The molecule has 41 heavy (non-hydrogen) atoms. The summed E-state index contributed by atoms with van der Waals surface area (Å²) >= 11 is 0. The fraction of sp³-hybridized carbons (Fsp3) is 0. The number of hydrogen-bond donors (Lipinski definition) is 0. The lowest BCUT2D eigenvalue weighted by molar-refractivity contribution is 0.669. The Morgan fingerprint density at radius 3 is 1.73 bits per heavy atom. The number of benzene rings is 6. The molecule has 190 valence electrons. The summed E-state index contributed by atoms with van der Waals surface area (Å²) in [5.41, 5.74) is 9.21. The SMILES string of the molecule is c1ccc(-c2nc(-c3ccccc3)nc(-c3c4c(cc5oc6ccccc6c35)-c3cccc5cccc-4c35)n2)cc1. The van der Waals surface area contributed by atoms with Gasteiger partial charge < -0.3 is 4.42 Å². The Hall–Kier alpha value is -5.61. The molecule has 2 aromatic heterocycles. The number of rotatable bonds is 3. The van der Waals surface area contributed by atoms with E-state index in [0.29, 0.717) is 17.5 Å². The van der Waals surface area contributed by atoms with Crippen molar-refractivity contribution in [1.82, 2.24) is 15.0 Å². The van der Waals surface area contributed by atoms with E-state index >= 15 is 0 Å². The van der Waals surface area contributed by atoms with Crippen LogP contribution in [0.15, 0.2) is 132 Å². The quantitative estimate of drug-likeness (QED) is 0.231. The maximum atomic E-state index is 6.49. The molecule has 0 radical (unpaired) electrons. The zero-order chi connectivity index (χ0) is 26.9. The third-order valence-electron chi connectivity index (χ3n) is 8.05. The van der Waals surface area contributed by atoms with E-state index < -0.39 is 0 Å². The van der Waals surface area contributed by atoms with E-state index in [1.54, 1.807) is 0 Å². The van der Waals surface area contributed by atoms with E-state index in [1.807, 2.05) is 72.8 Å². The molecule has 2 heterocycles. The Labute approximate surface area is 235 Å². The highest BCUT2D eigenvalue weighted by Gasteiger charge is 2.30. The third-order valence-corrected chi connectivity index (χ3v) is 8.05. The van der Waals surface area contributed by atoms with Crippen molar-refractivity contribution in [2.75, 3.05) is 0 Å². The molecule has 1 aliphatic rings. The molecule has 8 aromatic rings. The Morgan fingerprint density at radius 1 is 0.415 bits per heavy atom. The van der Waals surface area contributed by atoms with Gasteiger partial charge in [-0.1, -0.05) is 115 Å². The topological polar surface area (TPSA) is 51.8 Å². The van der Waals surface area contributed by atoms with Gasteiger partial charge in [-0.15, -0.1) is 0 Å². The normalized spacial score (nSPS) is 11.9. The van der Waals surface area contributed by atoms with Gasteiger partial charge in [0, 0.05) is 33.0 Å². The number of aromatic nitrogens is 3. The Bertz CT molecular complexity index is 2240. The summed E-state index contributed by atoms with van der Waals surface area (Å²) in [6.45, 7) is 0. The molecule has 0 bridgehead atoms. The average Bonchev–Trinajstić information content (AvgIpc) is 3.57. The number of fused-ring (bicyclic) bond motifs is 6. The first-order valence-corrected chi connectivity index (χ1v) is 13.7. The first-order chi connectivity index (χ1) is 20.3. The minimum Gasteiger partial charge on any atom is -0.456 e.